The van der Waals surface area contributed by atoms with Crippen LogP contribution in [0.2, 0.25) is 0 Å². The van der Waals surface area contributed by atoms with E-state index in [1.54, 1.807) is 0 Å². The Hall–Kier alpha value is -2.59. The van der Waals surface area contributed by atoms with Crippen LogP contribution in [-0.2, 0) is 4.74 Å². The van der Waals surface area contributed by atoms with Gasteiger partial charge in [0.15, 0.2) is 0 Å². The van der Waals surface area contributed by atoms with E-state index in [2.05, 4.69) is 29.4 Å². The monoisotopic (exact) mass is 320 g/mol. The van der Waals surface area contributed by atoms with Crippen LogP contribution in [-0.4, -0.2) is 22.7 Å². The number of rotatable bonds is 4. The Balaban J connectivity index is 1.79. The van der Waals surface area contributed by atoms with Crippen molar-refractivity contribution in [2.45, 2.75) is 25.6 Å². The van der Waals surface area contributed by atoms with Crippen molar-refractivity contribution >= 4 is 0 Å². The lowest BCUT2D eigenvalue weighted by Crippen LogP contribution is -2.29. The number of benzene rings is 2. The lowest BCUT2D eigenvalue weighted by molar-refractivity contribution is -0.0926. The highest BCUT2D eigenvalue weighted by Crippen LogP contribution is 2.41. The molecule has 0 saturated carbocycles. The van der Waals surface area contributed by atoms with Crippen molar-refractivity contribution in [2.24, 2.45) is 0 Å². The zero-order valence-corrected chi connectivity index (χ0v) is 13.6. The van der Waals surface area contributed by atoms with Crippen molar-refractivity contribution in [2.75, 3.05) is 6.61 Å². The summed E-state index contributed by atoms with van der Waals surface area (Å²) in [6.45, 7) is 2.62. The first-order chi connectivity index (χ1) is 11.9. The topological polar surface area (TPSA) is 36.3 Å². The van der Waals surface area contributed by atoms with Gasteiger partial charge < -0.3 is 9.47 Å². The average molecular weight is 320 g/mol. The first-order valence-electron chi connectivity index (χ1n) is 8.33. The molecule has 2 aromatic carbocycles. The Morgan fingerprint density at radius 1 is 1.08 bits per heavy atom. The molecule has 1 aliphatic rings. The summed E-state index contributed by atoms with van der Waals surface area (Å²) in [6, 6.07) is 20.5. The zero-order valence-electron chi connectivity index (χ0n) is 13.6. The predicted molar refractivity (Wildman–Crippen MR) is 92.5 cm³/mol. The van der Waals surface area contributed by atoms with E-state index >= 15 is 0 Å². The van der Waals surface area contributed by atoms with Gasteiger partial charge in [-0.1, -0.05) is 48.5 Å². The molecule has 0 amide bonds. The smallest absolute Gasteiger partial charge is 0.222 e. The molecule has 3 aromatic rings. The van der Waals surface area contributed by atoms with Gasteiger partial charge in [-0.05, 0) is 24.6 Å². The highest BCUT2D eigenvalue weighted by molar-refractivity contribution is 5.44. The maximum absolute atomic E-state index is 6.13. The zero-order chi connectivity index (χ0) is 16.4. The Kier molecular flexibility index (Phi) is 4.05. The van der Waals surface area contributed by atoms with Crippen molar-refractivity contribution in [1.82, 2.24) is 9.78 Å². The van der Waals surface area contributed by atoms with Crippen molar-refractivity contribution in [3.8, 4) is 11.6 Å². The van der Waals surface area contributed by atoms with Crippen molar-refractivity contribution in [1.29, 1.82) is 0 Å². The van der Waals surface area contributed by atoms with Gasteiger partial charge in [0.05, 0.1) is 11.9 Å². The molecule has 1 aliphatic heterocycles. The van der Waals surface area contributed by atoms with Gasteiger partial charge in [-0.25, -0.2) is 4.68 Å². The summed E-state index contributed by atoms with van der Waals surface area (Å²) in [5.41, 5.74) is 3.36. The number of hydrogen-bond acceptors (Lipinski definition) is 3. The largest absolute Gasteiger partial charge is 0.447 e. The fraction of sp³-hybridized carbons (Fsp3) is 0.250. The molecule has 2 atom stereocenters. The molecule has 0 fully saturated rings. The quantitative estimate of drug-likeness (QED) is 0.724. The molecule has 0 spiro atoms. The van der Waals surface area contributed by atoms with Crippen molar-refractivity contribution in [3.63, 3.8) is 0 Å². The Labute approximate surface area is 141 Å². The molecule has 4 heteroatoms. The van der Waals surface area contributed by atoms with Crippen LogP contribution in [0.3, 0.4) is 0 Å². The second kappa shape index (κ2) is 6.49. The molecule has 0 unspecified atom stereocenters. The summed E-state index contributed by atoms with van der Waals surface area (Å²) in [7, 11) is 0. The molecule has 4 rings (SSSR count). The molecule has 1 aromatic heterocycles. The van der Waals surface area contributed by atoms with Gasteiger partial charge in [0.25, 0.3) is 0 Å². The Morgan fingerprint density at radius 2 is 1.79 bits per heavy atom. The summed E-state index contributed by atoms with van der Waals surface area (Å²) in [5.74, 6) is 1.00. The van der Waals surface area contributed by atoms with Crippen LogP contribution in [0.15, 0.2) is 66.9 Å². The van der Waals surface area contributed by atoms with Gasteiger partial charge >= 0.3 is 0 Å². The second-order valence-electron chi connectivity index (χ2n) is 5.85. The molecular weight excluding hydrogens is 300 g/mol. The highest BCUT2D eigenvalue weighted by Gasteiger charge is 2.33. The minimum atomic E-state index is -0.258. The standard InChI is InChI=1S/C20H20N2O2/c1-2-23-19-13-17(15-9-5-3-6-10-15)18-14-21-22(20(18)24-19)16-11-7-4-8-12-16/h3-12,14,17,19H,2,13H2,1H3/t17-,19+/m1/s1. The van der Waals surface area contributed by atoms with Crippen LogP contribution in [0.4, 0.5) is 0 Å². The van der Waals surface area contributed by atoms with Gasteiger partial charge in [0, 0.05) is 24.5 Å². The van der Waals surface area contributed by atoms with Crippen LogP contribution in [0, 0.1) is 0 Å². The fourth-order valence-electron chi connectivity index (χ4n) is 3.24. The number of para-hydroxylation sites is 1. The molecular formula is C20H20N2O2. The van der Waals surface area contributed by atoms with Gasteiger partial charge in [0.2, 0.25) is 12.2 Å². The third kappa shape index (κ3) is 2.69. The maximum atomic E-state index is 6.13. The molecule has 2 heterocycles. The van der Waals surface area contributed by atoms with E-state index in [0.29, 0.717) is 6.61 Å². The van der Waals surface area contributed by atoms with E-state index in [4.69, 9.17) is 9.47 Å². The number of ether oxygens (including phenoxy) is 2. The van der Waals surface area contributed by atoms with Gasteiger partial charge in [0.1, 0.15) is 0 Å². The summed E-state index contributed by atoms with van der Waals surface area (Å²) in [4.78, 5) is 0. The average Bonchev–Trinajstić information content (AvgIpc) is 3.07. The molecule has 0 saturated heterocycles. The Morgan fingerprint density at radius 3 is 2.50 bits per heavy atom. The number of fused-ring (bicyclic) bond motifs is 1. The van der Waals surface area contributed by atoms with Crippen LogP contribution >= 0.6 is 0 Å². The highest BCUT2D eigenvalue weighted by atomic mass is 16.7. The summed E-state index contributed by atoms with van der Waals surface area (Å²) < 4.78 is 13.8. The molecule has 4 nitrogen and oxygen atoms in total. The van der Waals surface area contributed by atoms with Crippen LogP contribution < -0.4 is 4.74 Å². The van der Waals surface area contributed by atoms with Crippen LogP contribution in [0.1, 0.15) is 30.4 Å². The summed E-state index contributed by atoms with van der Waals surface area (Å²) in [6.07, 6.45) is 2.46. The molecule has 0 aliphatic carbocycles. The van der Waals surface area contributed by atoms with Gasteiger partial charge in [-0.2, -0.15) is 5.10 Å². The normalized spacial score (nSPS) is 19.5. The number of hydrogen-bond donors (Lipinski definition) is 0. The Bertz CT molecular complexity index is 799. The van der Waals surface area contributed by atoms with Crippen LogP contribution in [0.25, 0.3) is 5.69 Å². The molecule has 122 valence electrons. The summed E-state index contributed by atoms with van der Waals surface area (Å²) in [5, 5.41) is 4.57. The second-order valence-corrected chi connectivity index (χ2v) is 5.85. The first-order valence-corrected chi connectivity index (χ1v) is 8.33. The van der Waals surface area contributed by atoms with Crippen LogP contribution in [0.5, 0.6) is 5.88 Å². The van der Waals surface area contributed by atoms with E-state index in [0.717, 1.165) is 23.6 Å². The molecule has 0 bridgehead atoms. The maximum Gasteiger partial charge on any atom is 0.222 e. The molecule has 0 radical (unpaired) electrons. The summed E-state index contributed by atoms with van der Waals surface area (Å²) >= 11 is 0. The third-order valence-electron chi connectivity index (χ3n) is 4.35. The lowest BCUT2D eigenvalue weighted by Gasteiger charge is -2.30. The van der Waals surface area contributed by atoms with Gasteiger partial charge in [-0.3, -0.25) is 0 Å². The van der Waals surface area contributed by atoms with E-state index < -0.39 is 0 Å². The first kappa shape index (κ1) is 15.0. The van der Waals surface area contributed by atoms with E-state index in [-0.39, 0.29) is 12.2 Å². The number of aromatic nitrogens is 2. The molecule has 24 heavy (non-hydrogen) atoms. The fourth-order valence-corrected chi connectivity index (χ4v) is 3.24. The third-order valence-corrected chi connectivity index (χ3v) is 4.35. The lowest BCUT2D eigenvalue weighted by atomic mass is 9.88. The predicted octanol–water partition coefficient (Wildman–Crippen LogP) is 4.15. The SMILES string of the molecule is CCO[C@@H]1C[C@H](c2ccccc2)c2cnn(-c3ccccc3)c2O1. The molecule has 0 N–H and O–H groups in total. The minimum Gasteiger partial charge on any atom is -0.447 e. The van der Waals surface area contributed by atoms with Gasteiger partial charge in [-0.15, -0.1) is 0 Å². The van der Waals surface area contributed by atoms with Crippen molar-refractivity contribution < 1.29 is 9.47 Å². The van der Waals surface area contributed by atoms with E-state index in [9.17, 15) is 0 Å². The minimum absolute atomic E-state index is 0.226. The van der Waals surface area contributed by atoms with Crippen molar-refractivity contribution in [3.05, 3.63) is 78.0 Å². The van der Waals surface area contributed by atoms with E-state index in [1.165, 1.54) is 5.56 Å². The number of nitrogens with zero attached hydrogens (tertiary/aromatic N) is 2. The van der Waals surface area contributed by atoms with E-state index in [1.807, 2.05) is 54.2 Å².